The van der Waals surface area contributed by atoms with Crippen molar-refractivity contribution in [2.75, 3.05) is 7.11 Å². The number of hydrogen-bond donors (Lipinski definition) is 2. The quantitative estimate of drug-likeness (QED) is 0.253. The lowest BCUT2D eigenvalue weighted by atomic mass is 10.2. The normalized spacial score (nSPS) is 11.5. The number of carbonyl (C=O) groups excluding carboxylic acids is 1. The molecule has 3 aromatic rings. The highest BCUT2D eigenvalue weighted by Gasteiger charge is 2.09. The zero-order chi connectivity index (χ0) is 17.1. The molecule has 3 rings (SSSR count). The molecule has 0 amide bonds. The molecular weight excluding hydrogens is 315 g/mol. The number of halogens is 1. The van der Waals surface area contributed by atoms with Crippen LogP contribution in [0.25, 0.3) is 22.4 Å². The minimum absolute atomic E-state index is 0.0141. The number of methoxy groups -OCH3 is 1. The summed E-state index contributed by atoms with van der Waals surface area (Å²) in [5.41, 5.74) is 8.48. The van der Waals surface area contributed by atoms with E-state index in [1.165, 1.54) is 19.2 Å². The Hall–Kier alpha value is -3.42. The van der Waals surface area contributed by atoms with Crippen LogP contribution >= 0.6 is 0 Å². The van der Waals surface area contributed by atoms with Gasteiger partial charge in [-0.3, -0.25) is 4.84 Å². The van der Waals surface area contributed by atoms with E-state index in [4.69, 9.17) is 5.73 Å². The Labute approximate surface area is 135 Å². The van der Waals surface area contributed by atoms with Crippen molar-refractivity contribution < 1.29 is 18.8 Å². The van der Waals surface area contributed by atoms with Gasteiger partial charge in [0.05, 0.1) is 18.1 Å². The summed E-state index contributed by atoms with van der Waals surface area (Å²) in [4.78, 5) is 22.9. The molecule has 24 heavy (non-hydrogen) atoms. The Bertz CT molecular complexity index is 919. The SMILES string of the molecule is COC(=O)ON=C(N)c1ccc2nc(-c3ccc(F)cc3)[nH]c2c1. The smallest absolute Gasteiger partial charge is 0.436 e. The monoisotopic (exact) mass is 328 g/mol. The van der Waals surface area contributed by atoms with Crippen LogP contribution in [0.2, 0.25) is 0 Å². The Morgan fingerprint density at radius 3 is 2.71 bits per heavy atom. The van der Waals surface area contributed by atoms with Gasteiger partial charge in [0.15, 0.2) is 5.84 Å². The number of imidazole rings is 1. The van der Waals surface area contributed by atoms with Crippen molar-refractivity contribution in [1.29, 1.82) is 0 Å². The van der Waals surface area contributed by atoms with Crippen molar-refractivity contribution in [2.45, 2.75) is 0 Å². The second kappa shape index (κ2) is 6.37. The molecule has 0 fully saturated rings. The molecule has 0 aliphatic rings. The predicted molar refractivity (Wildman–Crippen MR) is 85.7 cm³/mol. The van der Waals surface area contributed by atoms with Crippen LogP contribution in [-0.2, 0) is 9.57 Å². The van der Waals surface area contributed by atoms with E-state index in [1.807, 2.05) is 0 Å². The number of nitrogens with one attached hydrogen (secondary N) is 1. The molecule has 0 saturated carbocycles. The zero-order valence-electron chi connectivity index (χ0n) is 12.6. The molecule has 0 aliphatic heterocycles. The number of oxime groups is 1. The minimum atomic E-state index is -0.959. The van der Waals surface area contributed by atoms with E-state index in [1.54, 1.807) is 30.3 Å². The molecule has 0 saturated heterocycles. The summed E-state index contributed by atoms with van der Waals surface area (Å²) in [6, 6.07) is 11.1. The molecule has 1 heterocycles. The molecule has 3 N–H and O–H groups in total. The maximum Gasteiger partial charge on any atom is 0.534 e. The molecule has 0 unspecified atom stereocenters. The zero-order valence-corrected chi connectivity index (χ0v) is 12.6. The summed E-state index contributed by atoms with van der Waals surface area (Å²) in [5.74, 6) is 0.301. The Morgan fingerprint density at radius 2 is 2.00 bits per heavy atom. The minimum Gasteiger partial charge on any atom is -0.436 e. The number of nitrogens with zero attached hydrogens (tertiary/aromatic N) is 2. The van der Waals surface area contributed by atoms with Gasteiger partial charge in [-0.05, 0) is 42.5 Å². The van der Waals surface area contributed by atoms with Gasteiger partial charge in [0.25, 0.3) is 0 Å². The van der Waals surface area contributed by atoms with Crippen molar-refractivity contribution in [3.8, 4) is 11.4 Å². The first-order valence-electron chi connectivity index (χ1n) is 6.91. The summed E-state index contributed by atoms with van der Waals surface area (Å²) < 4.78 is 17.3. The number of carbonyl (C=O) groups is 1. The van der Waals surface area contributed by atoms with Gasteiger partial charge in [0, 0.05) is 11.1 Å². The molecule has 0 spiro atoms. The highest BCUT2D eigenvalue weighted by molar-refractivity contribution is 6.00. The second-order valence-corrected chi connectivity index (χ2v) is 4.85. The third kappa shape index (κ3) is 3.17. The molecule has 122 valence electrons. The predicted octanol–water partition coefficient (Wildman–Crippen LogP) is 2.77. The Kier molecular flexibility index (Phi) is 4.11. The molecule has 0 atom stereocenters. The standard InChI is InChI=1S/C16H13FN4O3/c1-23-16(22)24-21-14(18)10-4-7-12-13(8-10)20-15(19-12)9-2-5-11(17)6-3-9/h2-8H,1H3,(H2,18,21)(H,19,20). The number of benzene rings is 2. The fourth-order valence-electron chi connectivity index (χ4n) is 2.09. The van der Waals surface area contributed by atoms with E-state index in [2.05, 4.69) is 24.7 Å². The first-order valence-corrected chi connectivity index (χ1v) is 6.91. The maximum absolute atomic E-state index is 13.0. The molecule has 2 aromatic carbocycles. The van der Waals surface area contributed by atoms with Gasteiger partial charge in [-0.1, -0.05) is 5.16 Å². The summed E-state index contributed by atoms with van der Waals surface area (Å²) in [5, 5.41) is 3.49. The van der Waals surface area contributed by atoms with Gasteiger partial charge < -0.3 is 15.5 Å². The fraction of sp³-hybridized carbons (Fsp3) is 0.0625. The average Bonchev–Trinajstić information content (AvgIpc) is 3.03. The number of H-pyrrole nitrogens is 1. The third-order valence-corrected chi connectivity index (χ3v) is 3.28. The number of aromatic amines is 1. The lowest BCUT2D eigenvalue weighted by Gasteiger charge is -2.00. The third-order valence-electron chi connectivity index (χ3n) is 3.28. The van der Waals surface area contributed by atoms with Crippen molar-refractivity contribution in [3.63, 3.8) is 0 Å². The molecule has 8 heteroatoms. The van der Waals surface area contributed by atoms with Crippen LogP contribution in [0.4, 0.5) is 9.18 Å². The van der Waals surface area contributed by atoms with Gasteiger partial charge in [0.1, 0.15) is 11.6 Å². The lowest BCUT2D eigenvalue weighted by molar-refractivity contribution is 0.0753. The lowest BCUT2D eigenvalue weighted by Crippen LogP contribution is -2.15. The van der Waals surface area contributed by atoms with Crippen LogP contribution in [0.15, 0.2) is 47.6 Å². The number of rotatable bonds is 3. The largest absolute Gasteiger partial charge is 0.534 e. The number of nitrogens with two attached hydrogens (primary N) is 1. The van der Waals surface area contributed by atoms with E-state index in [-0.39, 0.29) is 11.7 Å². The van der Waals surface area contributed by atoms with Gasteiger partial charge in [-0.25, -0.2) is 14.2 Å². The topological polar surface area (TPSA) is 103 Å². The molecule has 0 radical (unpaired) electrons. The van der Waals surface area contributed by atoms with Crippen LogP contribution in [0.5, 0.6) is 0 Å². The number of ether oxygens (including phenoxy) is 1. The highest BCUT2D eigenvalue weighted by Crippen LogP contribution is 2.21. The average molecular weight is 328 g/mol. The molecule has 1 aromatic heterocycles. The first-order chi connectivity index (χ1) is 11.6. The number of hydrogen-bond acceptors (Lipinski definition) is 5. The molecular formula is C16H13FN4O3. The van der Waals surface area contributed by atoms with Crippen molar-refractivity contribution in [2.24, 2.45) is 10.9 Å². The number of aromatic nitrogens is 2. The Morgan fingerprint density at radius 1 is 1.25 bits per heavy atom. The van der Waals surface area contributed by atoms with E-state index in [9.17, 15) is 9.18 Å². The van der Waals surface area contributed by atoms with Crippen LogP contribution in [0.1, 0.15) is 5.56 Å². The first kappa shape index (κ1) is 15.5. The molecule has 0 bridgehead atoms. The van der Waals surface area contributed by atoms with Crippen LogP contribution in [-0.4, -0.2) is 29.1 Å². The van der Waals surface area contributed by atoms with Crippen LogP contribution < -0.4 is 5.73 Å². The van der Waals surface area contributed by atoms with Crippen molar-refractivity contribution >= 4 is 23.0 Å². The van der Waals surface area contributed by atoms with Crippen molar-refractivity contribution in [3.05, 3.63) is 53.8 Å². The van der Waals surface area contributed by atoms with Crippen molar-refractivity contribution in [1.82, 2.24) is 9.97 Å². The summed E-state index contributed by atoms with van der Waals surface area (Å²) in [6.45, 7) is 0. The van der Waals surface area contributed by atoms with Gasteiger partial charge in [0.2, 0.25) is 0 Å². The number of fused-ring (bicyclic) bond motifs is 1. The fourth-order valence-corrected chi connectivity index (χ4v) is 2.09. The van der Waals surface area contributed by atoms with E-state index >= 15 is 0 Å². The van der Waals surface area contributed by atoms with Crippen LogP contribution in [0, 0.1) is 5.82 Å². The summed E-state index contributed by atoms with van der Waals surface area (Å²) in [7, 11) is 1.17. The summed E-state index contributed by atoms with van der Waals surface area (Å²) >= 11 is 0. The van der Waals surface area contributed by atoms with E-state index in [0.29, 0.717) is 22.4 Å². The second-order valence-electron chi connectivity index (χ2n) is 4.85. The van der Waals surface area contributed by atoms with Gasteiger partial charge in [-0.15, -0.1) is 0 Å². The maximum atomic E-state index is 13.0. The summed E-state index contributed by atoms with van der Waals surface area (Å²) in [6.07, 6.45) is -0.959. The molecule has 0 aliphatic carbocycles. The van der Waals surface area contributed by atoms with Gasteiger partial charge in [-0.2, -0.15) is 0 Å². The number of amidine groups is 1. The highest BCUT2D eigenvalue weighted by atomic mass is 19.1. The van der Waals surface area contributed by atoms with Crippen LogP contribution in [0.3, 0.4) is 0 Å². The molecule has 7 nitrogen and oxygen atoms in total. The van der Waals surface area contributed by atoms with E-state index in [0.717, 1.165) is 5.56 Å². The van der Waals surface area contributed by atoms with Gasteiger partial charge >= 0.3 is 6.16 Å². The Balaban J connectivity index is 1.91. The van der Waals surface area contributed by atoms with E-state index < -0.39 is 6.16 Å².